The lowest BCUT2D eigenvalue weighted by Gasteiger charge is -2.38. The lowest BCUT2D eigenvalue weighted by atomic mass is 9.76. The third kappa shape index (κ3) is 4.95. The highest BCUT2D eigenvalue weighted by Gasteiger charge is 2.44. The fourth-order valence-electron chi connectivity index (χ4n) is 4.62. The standard InChI is InChI=1S/C26H23F5N2O4/c1-13-17(26(35)36-2)19(20-21(27)23(29)25(31)24(30)22(20)28)18-15(32-13)11-33(12-16(18)34)9-6-10-37-14-7-4-3-5-8-14/h3-5,7-8,19,32H,6,9-12H2,1-2H3. The van der Waals surface area contributed by atoms with Gasteiger partial charge in [0.05, 0.1) is 31.8 Å². The monoisotopic (exact) mass is 522 g/mol. The molecule has 2 aliphatic heterocycles. The molecule has 0 spiro atoms. The molecule has 2 aromatic carbocycles. The number of Topliss-reactive ketones (excluding diaryl/α,β-unsaturated/α-hetero) is 1. The predicted molar refractivity (Wildman–Crippen MR) is 122 cm³/mol. The second-order valence-electron chi connectivity index (χ2n) is 8.61. The number of hydrogen-bond acceptors (Lipinski definition) is 6. The van der Waals surface area contributed by atoms with Crippen molar-refractivity contribution in [1.29, 1.82) is 0 Å². The van der Waals surface area contributed by atoms with Crippen molar-refractivity contribution in [2.24, 2.45) is 0 Å². The number of para-hydroxylation sites is 1. The number of nitrogens with one attached hydrogen (secondary N) is 1. The Morgan fingerprint density at radius 2 is 1.62 bits per heavy atom. The first-order valence-corrected chi connectivity index (χ1v) is 11.4. The Kier molecular flexibility index (Phi) is 7.63. The molecule has 0 bridgehead atoms. The van der Waals surface area contributed by atoms with Crippen LogP contribution in [0.25, 0.3) is 0 Å². The predicted octanol–water partition coefficient (Wildman–Crippen LogP) is 4.12. The van der Waals surface area contributed by atoms with Crippen molar-refractivity contribution in [2.45, 2.75) is 19.3 Å². The lowest BCUT2D eigenvalue weighted by molar-refractivity contribution is -0.136. The first kappa shape index (κ1) is 26.3. The highest BCUT2D eigenvalue weighted by atomic mass is 19.2. The van der Waals surface area contributed by atoms with Crippen LogP contribution in [0.1, 0.15) is 24.8 Å². The summed E-state index contributed by atoms with van der Waals surface area (Å²) in [5.74, 6) is -13.7. The fourth-order valence-corrected chi connectivity index (χ4v) is 4.62. The number of rotatable bonds is 7. The van der Waals surface area contributed by atoms with Gasteiger partial charge in [0.1, 0.15) is 5.75 Å². The van der Waals surface area contributed by atoms with Gasteiger partial charge < -0.3 is 14.8 Å². The topological polar surface area (TPSA) is 67.9 Å². The van der Waals surface area contributed by atoms with Crippen LogP contribution in [0.5, 0.6) is 5.75 Å². The van der Waals surface area contributed by atoms with Gasteiger partial charge in [-0.2, -0.15) is 0 Å². The summed E-state index contributed by atoms with van der Waals surface area (Å²) in [6, 6.07) is 9.14. The first-order valence-electron chi connectivity index (χ1n) is 11.4. The molecule has 0 amide bonds. The van der Waals surface area contributed by atoms with Gasteiger partial charge in [0.25, 0.3) is 0 Å². The molecule has 11 heteroatoms. The minimum absolute atomic E-state index is 0.0709. The number of carbonyl (C=O) groups is 2. The van der Waals surface area contributed by atoms with Crippen LogP contribution in [-0.4, -0.2) is 50.0 Å². The van der Waals surface area contributed by atoms with Crippen molar-refractivity contribution in [2.75, 3.05) is 33.4 Å². The van der Waals surface area contributed by atoms with Gasteiger partial charge in [0.15, 0.2) is 29.1 Å². The van der Waals surface area contributed by atoms with Gasteiger partial charge in [0.2, 0.25) is 5.82 Å². The molecule has 0 aliphatic carbocycles. The van der Waals surface area contributed by atoms with Gasteiger partial charge in [-0.25, -0.2) is 26.7 Å². The number of dihydropyridines is 1. The van der Waals surface area contributed by atoms with Gasteiger partial charge in [0, 0.05) is 35.6 Å². The van der Waals surface area contributed by atoms with Gasteiger partial charge in [-0.05, 0) is 25.5 Å². The molecule has 2 heterocycles. The van der Waals surface area contributed by atoms with E-state index in [0.717, 1.165) is 7.11 Å². The Bertz CT molecular complexity index is 1280. The van der Waals surface area contributed by atoms with E-state index in [2.05, 4.69) is 5.32 Å². The largest absolute Gasteiger partial charge is 0.494 e. The lowest BCUT2D eigenvalue weighted by Crippen LogP contribution is -2.46. The Labute approximate surface area is 209 Å². The quantitative estimate of drug-likeness (QED) is 0.194. The average molecular weight is 522 g/mol. The van der Waals surface area contributed by atoms with E-state index in [9.17, 15) is 31.5 Å². The SMILES string of the molecule is COC(=O)C1=C(C)NC2=C(C(=O)CN(CCCOc3ccccc3)C2)C1c1c(F)c(F)c(F)c(F)c1F. The van der Waals surface area contributed by atoms with Crippen LogP contribution in [0.4, 0.5) is 22.0 Å². The van der Waals surface area contributed by atoms with Crippen LogP contribution in [-0.2, 0) is 14.3 Å². The van der Waals surface area contributed by atoms with Crippen molar-refractivity contribution in [1.82, 2.24) is 10.2 Å². The number of hydrogen-bond donors (Lipinski definition) is 1. The van der Waals surface area contributed by atoms with E-state index < -0.39 is 57.9 Å². The Hall–Kier alpha value is -3.73. The molecule has 0 saturated heterocycles. The van der Waals surface area contributed by atoms with E-state index in [1.165, 1.54) is 6.92 Å². The summed E-state index contributed by atoms with van der Waals surface area (Å²) < 4.78 is 82.1. The van der Waals surface area contributed by atoms with E-state index in [1.54, 1.807) is 17.0 Å². The van der Waals surface area contributed by atoms with Crippen LogP contribution in [0, 0.1) is 29.1 Å². The number of ketones is 1. The zero-order valence-corrected chi connectivity index (χ0v) is 20.0. The normalized spacial score (nSPS) is 18.0. The number of benzene rings is 2. The number of allylic oxidation sites excluding steroid dienone is 1. The number of ether oxygens (including phenoxy) is 2. The molecule has 1 N–H and O–H groups in total. The fraction of sp³-hybridized carbons (Fsp3) is 0.308. The summed E-state index contributed by atoms with van der Waals surface area (Å²) in [5, 5.41) is 2.90. The summed E-state index contributed by atoms with van der Waals surface area (Å²) in [4.78, 5) is 27.6. The summed E-state index contributed by atoms with van der Waals surface area (Å²) >= 11 is 0. The molecule has 0 radical (unpaired) electrons. The molecule has 2 aliphatic rings. The van der Waals surface area contributed by atoms with E-state index in [0.29, 0.717) is 25.3 Å². The zero-order valence-electron chi connectivity index (χ0n) is 20.0. The number of halogens is 5. The van der Waals surface area contributed by atoms with Gasteiger partial charge in [-0.15, -0.1) is 0 Å². The van der Waals surface area contributed by atoms with Crippen LogP contribution in [0.15, 0.2) is 52.9 Å². The van der Waals surface area contributed by atoms with E-state index in [4.69, 9.17) is 9.47 Å². The second-order valence-corrected chi connectivity index (χ2v) is 8.61. The maximum atomic E-state index is 14.9. The van der Waals surface area contributed by atoms with E-state index >= 15 is 0 Å². The van der Waals surface area contributed by atoms with Crippen molar-refractivity contribution in [3.05, 3.63) is 87.5 Å². The van der Waals surface area contributed by atoms with Crippen molar-refractivity contribution < 1.29 is 41.0 Å². The minimum atomic E-state index is -2.33. The van der Waals surface area contributed by atoms with Crippen LogP contribution in [0.2, 0.25) is 0 Å². The maximum Gasteiger partial charge on any atom is 0.336 e. The first-order chi connectivity index (χ1) is 17.6. The van der Waals surface area contributed by atoms with Crippen LogP contribution in [0.3, 0.4) is 0 Å². The number of carbonyl (C=O) groups excluding carboxylic acids is 2. The third-order valence-corrected chi connectivity index (χ3v) is 6.26. The van der Waals surface area contributed by atoms with Crippen molar-refractivity contribution >= 4 is 11.8 Å². The number of nitrogens with zero attached hydrogens (tertiary/aromatic N) is 1. The maximum absolute atomic E-state index is 14.9. The summed E-state index contributed by atoms with van der Waals surface area (Å²) in [5.41, 5.74) is -1.65. The van der Waals surface area contributed by atoms with Gasteiger partial charge in [-0.1, -0.05) is 18.2 Å². The molecule has 4 rings (SSSR count). The number of esters is 1. The molecule has 196 valence electrons. The molecule has 0 fully saturated rings. The molecule has 6 nitrogen and oxygen atoms in total. The molecule has 1 atom stereocenters. The van der Waals surface area contributed by atoms with Crippen molar-refractivity contribution in [3.63, 3.8) is 0 Å². The summed E-state index contributed by atoms with van der Waals surface area (Å²) in [6.45, 7) is 2.12. The molecule has 2 aromatic rings. The number of methoxy groups -OCH3 is 1. The third-order valence-electron chi connectivity index (χ3n) is 6.26. The molecule has 1 unspecified atom stereocenters. The molecule has 0 aromatic heterocycles. The van der Waals surface area contributed by atoms with E-state index in [1.807, 2.05) is 18.2 Å². The molecule has 37 heavy (non-hydrogen) atoms. The highest BCUT2D eigenvalue weighted by Crippen LogP contribution is 2.43. The Morgan fingerprint density at radius 1 is 1.00 bits per heavy atom. The second kappa shape index (κ2) is 10.7. The Morgan fingerprint density at radius 3 is 2.24 bits per heavy atom. The summed E-state index contributed by atoms with van der Waals surface area (Å²) in [7, 11) is 1.00. The van der Waals surface area contributed by atoms with Gasteiger partial charge in [-0.3, -0.25) is 9.69 Å². The molecule has 0 saturated carbocycles. The van der Waals surface area contributed by atoms with Crippen LogP contribution < -0.4 is 10.1 Å². The molecular weight excluding hydrogens is 499 g/mol. The zero-order chi connectivity index (χ0) is 26.9. The van der Waals surface area contributed by atoms with Crippen molar-refractivity contribution in [3.8, 4) is 5.75 Å². The van der Waals surface area contributed by atoms with Crippen LogP contribution >= 0.6 is 0 Å². The average Bonchev–Trinajstić information content (AvgIpc) is 2.88. The van der Waals surface area contributed by atoms with Gasteiger partial charge >= 0.3 is 5.97 Å². The minimum Gasteiger partial charge on any atom is -0.494 e. The molecular formula is C26H23F5N2O4. The smallest absolute Gasteiger partial charge is 0.336 e. The van der Waals surface area contributed by atoms with E-state index in [-0.39, 0.29) is 30.1 Å². The summed E-state index contributed by atoms with van der Waals surface area (Å²) in [6.07, 6.45) is 0.550. The Balaban J connectivity index is 1.66. The highest BCUT2D eigenvalue weighted by molar-refractivity contribution is 6.04.